The number of likely N-dealkylation sites (tertiary alicyclic amines) is 1. The van der Waals surface area contributed by atoms with Crippen molar-refractivity contribution in [3.8, 4) is 28.4 Å². The first-order valence-corrected chi connectivity index (χ1v) is 18.0. The van der Waals surface area contributed by atoms with E-state index >= 15 is 0 Å². The van der Waals surface area contributed by atoms with Gasteiger partial charge in [0, 0.05) is 31.6 Å². The second kappa shape index (κ2) is 16.5. The van der Waals surface area contributed by atoms with E-state index in [1.54, 1.807) is 50.1 Å². The molecule has 3 amide bonds. The van der Waals surface area contributed by atoms with E-state index in [0.29, 0.717) is 79.3 Å². The number of hydrogen-bond donors (Lipinski definition) is 3. The average molecular weight is 699 g/mol. The predicted octanol–water partition coefficient (Wildman–Crippen LogP) is 4.91. The highest BCUT2D eigenvalue weighted by Crippen LogP contribution is 2.50. The molecule has 268 valence electrons. The minimum Gasteiger partial charge on any atom is -0.493 e. The van der Waals surface area contributed by atoms with Gasteiger partial charge in [-0.3, -0.25) is 14.4 Å². The maximum atomic E-state index is 13.9. The van der Waals surface area contributed by atoms with Gasteiger partial charge in [-0.1, -0.05) is 6.07 Å². The Morgan fingerprint density at radius 3 is 2.27 bits per heavy atom. The molecule has 1 fully saturated rings. The Morgan fingerprint density at radius 2 is 1.67 bits per heavy atom. The molecule has 1 aliphatic carbocycles. The summed E-state index contributed by atoms with van der Waals surface area (Å²) < 4.78 is 22.6. The molecule has 1 heterocycles. The first-order valence-electron chi connectivity index (χ1n) is 16.6. The Bertz CT molecular complexity index is 1590. The zero-order valence-corrected chi connectivity index (χ0v) is 30.6. The van der Waals surface area contributed by atoms with Crippen LogP contribution >= 0.6 is 11.8 Å². The highest BCUT2D eigenvalue weighted by atomic mass is 32.2. The highest BCUT2D eigenvalue weighted by molar-refractivity contribution is 7.98. The number of thioether (sulfide) groups is 1. The van der Waals surface area contributed by atoms with Crippen molar-refractivity contribution in [2.75, 3.05) is 51.7 Å². The lowest BCUT2D eigenvalue weighted by Gasteiger charge is -2.35. The van der Waals surface area contributed by atoms with Crippen LogP contribution < -0.4 is 35.6 Å². The van der Waals surface area contributed by atoms with E-state index in [2.05, 4.69) is 16.0 Å². The lowest BCUT2D eigenvalue weighted by Crippen LogP contribution is -2.51. The Morgan fingerprint density at radius 1 is 0.980 bits per heavy atom. The van der Waals surface area contributed by atoms with Crippen LogP contribution in [0.15, 0.2) is 29.1 Å². The molecule has 0 bridgehead atoms. The van der Waals surface area contributed by atoms with Crippen LogP contribution in [0.25, 0.3) is 11.1 Å². The number of nitrogens with one attached hydrogen (secondary N) is 3. The van der Waals surface area contributed by atoms with Crippen molar-refractivity contribution in [3.63, 3.8) is 0 Å². The molecule has 0 spiro atoms. The van der Waals surface area contributed by atoms with Crippen molar-refractivity contribution < 1.29 is 33.3 Å². The van der Waals surface area contributed by atoms with Crippen LogP contribution in [0.1, 0.15) is 70.5 Å². The van der Waals surface area contributed by atoms with Gasteiger partial charge in [0.2, 0.25) is 23.0 Å². The van der Waals surface area contributed by atoms with E-state index in [0.717, 1.165) is 11.1 Å². The summed E-state index contributed by atoms with van der Waals surface area (Å²) in [6.07, 6.45) is 4.34. The Balaban J connectivity index is 1.67. The molecule has 12 nitrogen and oxygen atoms in total. The molecule has 2 aromatic carbocycles. The predicted molar refractivity (Wildman–Crippen MR) is 192 cm³/mol. The molecule has 3 N–H and O–H groups in total. The van der Waals surface area contributed by atoms with E-state index in [-0.39, 0.29) is 29.0 Å². The molecular formula is C36H50N4O8S. The topological polar surface area (TPSA) is 145 Å². The largest absolute Gasteiger partial charge is 0.493 e. The number of hydrogen-bond acceptors (Lipinski definition) is 10. The van der Waals surface area contributed by atoms with Crippen molar-refractivity contribution in [1.29, 1.82) is 0 Å². The van der Waals surface area contributed by atoms with Gasteiger partial charge in [-0.15, -0.1) is 0 Å². The standard InChI is InChI=1S/C36H50N4O8S/c1-21(41)37-26-11-9-22-19-30(45-5)32(46-6)33(47-7)31(22)24-10-12-27(29(42)20-25(24)26)39-28(15-18-49-8)34(43)40-16-13-23(14-17-40)38-35(44)48-36(2,3)4/h10,12,19-20,23,26,28H,9,11,13-18H2,1-8H3,(H,37,41)(H,38,44)(H,39,42)/t26-,28+/m1/s1. The van der Waals surface area contributed by atoms with Crippen LogP contribution in [-0.4, -0.2) is 86.9 Å². The second-order valence-corrected chi connectivity index (χ2v) is 14.3. The third-order valence-corrected chi connectivity index (χ3v) is 9.33. The van der Waals surface area contributed by atoms with E-state index in [1.165, 1.54) is 6.92 Å². The minimum absolute atomic E-state index is 0.0941. The quantitative estimate of drug-likeness (QED) is 0.296. The summed E-state index contributed by atoms with van der Waals surface area (Å²) in [5, 5.41) is 9.23. The number of anilines is 1. The molecule has 0 aromatic heterocycles. The number of carbonyl (C=O) groups is 3. The first kappa shape index (κ1) is 37.7. The number of amides is 3. The number of carbonyl (C=O) groups excluding carboxylic acids is 3. The van der Waals surface area contributed by atoms with Crippen molar-refractivity contribution in [2.24, 2.45) is 0 Å². The van der Waals surface area contributed by atoms with Crippen LogP contribution in [0.2, 0.25) is 0 Å². The van der Waals surface area contributed by atoms with Crippen LogP contribution in [0.4, 0.5) is 10.5 Å². The first-order chi connectivity index (χ1) is 23.3. The summed E-state index contributed by atoms with van der Waals surface area (Å²) in [6, 6.07) is 5.82. The van der Waals surface area contributed by atoms with E-state index in [1.807, 2.05) is 39.2 Å². The Labute approximate surface area is 293 Å². The summed E-state index contributed by atoms with van der Waals surface area (Å²) in [5.41, 5.74) is 2.41. The van der Waals surface area contributed by atoms with E-state index < -0.39 is 23.8 Å². The van der Waals surface area contributed by atoms with Gasteiger partial charge in [-0.25, -0.2) is 4.79 Å². The van der Waals surface area contributed by atoms with Crippen LogP contribution in [0.3, 0.4) is 0 Å². The Hall–Kier alpha value is -4.13. The molecule has 13 heteroatoms. The smallest absolute Gasteiger partial charge is 0.407 e. The number of rotatable bonds is 11. The van der Waals surface area contributed by atoms with Crippen molar-refractivity contribution in [3.05, 3.63) is 45.6 Å². The fraction of sp³-hybridized carbons (Fsp3) is 0.556. The summed E-state index contributed by atoms with van der Waals surface area (Å²) in [6.45, 7) is 7.85. The summed E-state index contributed by atoms with van der Waals surface area (Å²) in [7, 11) is 4.66. The number of nitrogens with zero attached hydrogens (tertiary/aromatic N) is 1. The van der Waals surface area contributed by atoms with Crippen molar-refractivity contribution in [2.45, 2.75) is 83.5 Å². The van der Waals surface area contributed by atoms with E-state index in [4.69, 9.17) is 18.9 Å². The summed E-state index contributed by atoms with van der Waals surface area (Å²) in [4.78, 5) is 54.3. The van der Waals surface area contributed by atoms with Gasteiger partial charge < -0.3 is 39.8 Å². The lowest BCUT2D eigenvalue weighted by atomic mass is 9.95. The number of alkyl carbamates (subject to hydrolysis) is 1. The van der Waals surface area contributed by atoms with Crippen LogP contribution in [0, 0.1) is 0 Å². The highest BCUT2D eigenvalue weighted by Gasteiger charge is 2.32. The minimum atomic E-state index is -0.643. The monoisotopic (exact) mass is 698 g/mol. The fourth-order valence-corrected chi connectivity index (χ4v) is 6.92. The number of fused-ring (bicyclic) bond motifs is 3. The van der Waals surface area contributed by atoms with Gasteiger partial charge in [-0.05, 0) is 99.8 Å². The SMILES string of the molecule is COc1cc2c(c(OC)c1OC)-c1ccc(N[C@@H](CCSC)C(=O)N3CCC(NC(=O)OC(C)(C)C)CC3)c(=O)cc1[C@H](NC(C)=O)CC2. The maximum Gasteiger partial charge on any atom is 0.407 e. The van der Waals surface area contributed by atoms with Gasteiger partial charge in [0.25, 0.3) is 0 Å². The molecule has 4 rings (SSSR count). The number of benzene rings is 1. The van der Waals surface area contributed by atoms with Gasteiger partial charge in [0.15, 0.2) is 11.5 Å². The molecule has 2 aromatic rings. The van der Waals surface area contributed by atoms with Crippen molar-refractivity contribution >= 4 is 35.4 Å². The molecule has 49 heavy (non-hydrogen) atoms. The van der Waals surface area contributed by atoms with Gasteiger partial charge in [0.1, 0.15) is 11.6 Å². The second-order valence-electron chi connectivity index (χ2n) is 13.3. The third kappa shape index (κ3) is 9.31. The fourth-order valence-electron chi connectivity index (χ4n) is 6.45. The zero-order chi connectivity index (χ0) is 35.9. The van der Waals surface area contributed by atoms with Gasteiger partial charge in [0.05, 0.1) is 33.1 Å². The Kier molecular flexibility index (Phi) is 12.7. The van der Waals surface area contributed by atoms with E-state index in [9.17, 15) is 19.2 Å². The molecule has 2 atom stereocenters. The maximum absolute atomic E-state index is 13.9. The summed E-state index contributed by atoms with van der Waals surface area (Å²) >= 11 is 1.62. The molecule has 0 saturated carbocycles. The number of piperidine rings is 1. The summed E-state index contributed by atoms with van der Waals surface area (Å²) in [5.74, 6) is 1.80. The number of aryl methyl sites for hydroxylation is 1. The molecule has 1 saturated heterocycles. The number of ether oxygens (including phenoxy) is 4. The molecule has 0 unspecified atom stereocenters. The van der Waals surface area contributed by atoms with Crippen LogP contribution in [-0.2, 0) is 20.7 Å². The van der Waals surface area contributed by atoms with Gasteiger partial charge >= 0.3 is 6.09 Å². The normalized spacial score (nSPS) is 16.7. The lowest BCUT2D eigenvalue weighted by molar-refractivity contribution is -0.133. The van der Waals surface area contributed by atoms with Crippen LogP contribution in [0.5, 0.6) is 17.2 Å². The zero-order valence-electron chi connectivity index (χ0n) is 29.8. The number of methoxy groups -OCH3 is 3. The average Bonchev–Trinajstić information content (AvgIpc) is 3.29. The molecule has 0 radical (unpaired) electrons. The third-order valence-electron chi connectivity index (χ3n) is 8.68. The molecular weight excluding hydrogens is 648 g/mol. The van der Waals surface area contributed by atoms with Crippen molar-refractivity contribution in [1.82, 2.24) is 15.5 Å². The molecule has 1 aliphatic heterocycles. The molecule has 2 aliphatic rings. The van der Waals surface area contributed by atoms with Gasteiger partial charge in [-0.2, -0.15) is 11.8 Å².